The first kappa shape index (κ1) is 20.1. The molecular formula is C21H31FN2O2Si. The minimum absolute atomic E-state index is 0.266. The lowest BCUT2D eigenvalue weighted by Gasteiger charge is -2.31. The van der Waals surface area contributed by atoms with Crippen LogP contribution in [0, 0.1) is 5.82 Å². The molecule has 2 atom stereocenters. The van der Waals surface area contributed by atoms with E-state index in [1.54, 1.807) is 12.1 Å². The molecule has 1 aromatic carbocycles. The molecule has 0 saturated heterocycles. The van der Waals surface area contributed by atoms with Gasteiger partial charge in [-0.25, -0.2) is 4.39 Å². The van der Waals surface area contributed by atoms with Crippen molar-refractivity contribution in [2.24, 2.45) is 0 Å². The molecule has 0 amide bonds. The summed E-state index contributed by atoms with van der Waals surface area (Å²) in [5.41, 5.74) is 2.72. The van der Waals surface area contributed by atoms with Crippen LogP contribution < -0.4 is 5.32 Å². The fourth-order valence-electron chi connectivity index (χ4n) is 3.52. The van der Waals surface area contributed by atoms with Crippen molar-refractivity contribution < 1.29 is 14.2 Å². The lowest BCUT2D eigenvalue weighted by atomic mass is 9.94. The van der Waals surface area contributed by atoms with E-state index >= 15 is 0 Å². The summed E-state index contributed by atoms with van der Waals surface area (Å²) in [4.78, 5) is 1.96. The molecule has 2 N–H and O–H groups in total. The Hall–Kier alpha value is -1.63. The second kappa shape index (κ2) is 8.58. The number of halogens is 1. The van der Waals surface area contributed by atoms with Gasteiger partial charge >= 0.3 is 0 Å². The normalized spacial score (nSPS) is 20.7. The summed E-state index contributed by atoms with van der Waals surface area (Å²) in [5.74, 6) is -0.266. The molecule has 0 radical (unpaired) electrons. The van der Waals surface area contributed by atoms with E-state index in [9.17, 15) is 9.50 Å². The van der Waals surface area contributed by atoms with Gasteiger partial charge in [-0.15, -0.1) is 0 Å². The molecule has 1 aromatic rings. The van der Waals surface area contributed by atoms with Crippen LogP contribution in [0.25, 0.3) is 5.57 Å². The van der Waals surface area contributed by atoms with Gasteiger partial charge in [-0.3, -0.25) is 0 Å². The number of benzene rings is 1. The largest absolute Gasteiger partial charge is 0.384 e. The number of nitrogens with zero attached hydrogens (tertiary/aromatic N) is 1. The second-order valence-corrected chi connectivity index (χ2v) is 14.2. The Balaban J connectivity index is 1.69. The van der Waals surface area contributed by atoms with Gasteiger partial charge in [0, 0.05) is 27.1 Å². The van der Waals surface area contributed by atoms with E-state index in [1.165, 1.54) is 6.07 Å². The summed E-state index contributed by atoms with van der Waals surface area (Å²) in [6.45, 7) is 8.14. The van der Waals surface area contributed by atoms with E-state index in [-0.39, 0.29) is 12.0 Å². The smallest absolute Gasteiger partial charge is 0.131 e. The Labute approximate surface area is 162 Å². The van der Waals surface area contributed by atoms with Crippen molar-refractivity contribution in [1.82, 2.24) is 10.2 Å². The monoisotopic (exact) mass is 390 g/mol. The summed E-state index contributed by atoms with van der Waals surface area (Å²) in [7, 11) is -1.12. The number of hydrogen-bond donors (Lipinski definition) is 2. The van der Waals surface area contributed by atoms with E-state index in [4.69, 9.17) is 4.74 Å². The van der Waals surface area contributed by atoms with Crippen molar-refractivity contribution in [3.8, 4) is 0 Å². The first-order valence-corrected chi connectivity index (χ1v) is 13.5. The average Bonchev–Trinajstić information content (AvgIpc) is 3.29. The molecule has 6 heteroatoms. The maximum atomic E-state index is 13.9. The highest BCUT2D eigenvalue weighted by Crippen LogP contribution is 2.35. The maximum absolute atomic E-state index is 13.9. The zero-order valence-electron chi connectivity index (χ0n) is 16.5. The molecule has 3 rings (SSSR count). The van der Waals surface area contributed by atoms with E-state index in [2.05, 4.69) is 31.0 Å². The molecule has 1 heterocycles. The first-order chi connectivity index (χ1) is 12.8. The first-order valence-electron chi connectivity index (χ1n) is 9.78. The Bertz CT molecular complexity index is 715. The Morgan fingerprint density at radius 3 is 2.89 bits per heavy atom. The summed E-state index contributed by atoms with van der Waals surface area (Å²) in [6.07, 6.45) is 7.82. The van der Waals surface area contributed by atoms with Gasteiger partial charge < -0.3 is 20.1 Å². The summed E-state index contributed by atoms with van der Waals surface area (Å²) < 4.78 is 19.7. The van der Waals surface area contributed by atoms with Gasteiger partial charge in [0.25, 0.3) is 0 Å². The number of hydrogen-bond acceptors (Lipinski definition) is 4. The summed E-state index contributed by atoms with van der Waals surface area (Å²) >= 11 is 0. The molecule has 148 valence electrons. The molecule has 0 bridgehead atoms. The van der Waals surface area contributed by atoms with E-state index in [1.807, 2.05) is 17.3 Å². The molecular weight excluding hydrogens is 359 g/mol. The number of aliphatic hydroxyl groups excluding tert-OH is 1. The third-order valence-corrected chi connectivity index (χ3v) is 6.85. The van der Waals surface area contributed by atoms with Crippen LogP contribution >= 0.6 is 0 Å². The van der Waals surface area contributed by atoms with Crippen molar-refractivity contribution in [2.45, 2.75) is 57.2 Å². The molecule has 0 aromatic heterocycles. The minimum atomic E-state index is -1.12. The van der Waals surface area contributed by atoms with Crippen LogP contribution in [-0.4, -0.2) is 37.6 Å². The predicted molar refractivity (Wildman–Crippen MR) is 110 cm³/mol. The van der Waals surface area contributed by atoms with Crippen molar-refractivity contribution in [1.29, 1.82) is 0 Å². The van der Waals surface area contributed by atoms with Crippen LogP contribution in [0.3, 0.4) is 0 Å². The molecule has 2 unspecified atom stereocenters. The van der Waals surface area contributed by atoms with Crippen LogP contribution in [0.2, 0.25) is 25.7 Å². The van der Waals surface area contributed by atoms with E-state index in [0.717, 1.165) is 48.6 Å². The third kappa shape index (κ3) is 5.21. The molecule has 27 heavy (non-hydrogen) atoms. The highest BCUT2D eigenvalue weighted by Gasteiger charge is 2.30. The Morgan fingerprint density at radius 1 is 1.37 bits per heavy atom. The molecule has 2 aliphatic rings. The number of aliphatic hydroxyl groups is 1. The van der Waals surface area contributed by atoms with E-state index < -0.39 is 14.2 Å². The van der Waals surface area contributed by atoms with Crippen molar-refractivity contribution >= 4 is 13.6 Å². The van der Waals surface area contributed by atoms with Gasteiger partial charge in [-0.05, 0) is 54.1 Å². The highest BCUT2D eigenvalue weighted by molar-refractivity contribution is 6.76. The molecule has 0 spiro atoms. The Morgan fingerprint density at radius 2 is 2.19 bits per heavy atom. The SMILES string of the molecule is C[Si](C)(C)CCOCN1C=CNC1C(O)c1ccc(F)cc1C1=CCCC1. The van der Waals surface area contributed by atoms with Gasteiger partial charge in [-0.2, -0.15) is 0 Å². The van der Waals surface area contributed by atoms with Gasteiger partial charge in [0.2, 0.25) is 0 Å². The molecule has 0 fully saturated rings. The van der Waals surface area contributed by atoms with Crippen LogP contribution in [-0.2, 0) is 4.74 Å². The third-order valence-electron chi connectivity index (χ3n) is 5.15. The van der Waals surface area contributed by atoms with Crippen LogP contribution in [0.15, 0.2) is 36.7 Å². The van der Waals surface area contributed by atoms with Gasteiger partial charge in [0.1, 0.15) is 24.8 Å². The zero-order valence-corrected chi connectivity index (χ0v) is 17.5. The molecule has 1 aliphatic heterocycles. The molecule has 1 aliphatic carbocycles. The zero-order chi connectivity index (χ0) is 19.4. The lowest BCUT2D eigenvalue weighted by Crippen LogP contribution is -2.42. The topological polar surface area (TPSA) is 44.7 Å². The highest BCUT2D eigenvalue weighted by atomic mass is 28.3. The summed E-state index contributed by atoms with van der Waals surface area (Å²) in [6, 6.07) is 5.79. The number of nitrogens with one attached hydrogen (secondary N) is 1. The van der Waals surface area contributed by atoms with Crippen LogP contribution in [0.1, 0.15) is 36.5 Å². The van der Waals surface area contributed by atoms with Crippen LogP contribution in [0.4, 0.5) is 4.39 Å². The van der Waals surface area contributed by atoms with Crippen molar-refractivity contribution in [2.75, 3.05) is 13.3 Å². The average molecular weight is 391 g/mol. The number of ether oxygens (including phenoxy) is 1. The second-order valence-electron chi connectivity index (χ2n) is 8.59. The van der Waals surface area contributed by atoms with Gasteiger partial charge in [0.15, 0.2) is 0 Å². The molecule has 4 nitrogen and oxygen atoms in total. The van der Waals surface area contributed by atoms with Gasteiger partial charge in [-0.1, -0.05) is 31.8 Å². The quantitative estimate of drug-likeness (QED) is 0.509. The lowest BCUT2D eigenvalue weighted by molar-refractivity contribution is -0.00352. The van der Waals surface area contributed by atoms with Gasteiger partial charge in [0.05, 0.1) is 0 Å². The predicted octanol–water partition coefficient (Wildman–Crippen LogP) is 4.44. The fourth-order valence-corrected chi connectivity index (χ4v) is 4.28. The minimum Gasteiger partial charge on any atom is -0.384 e. The Kier molecular flexibility index (Phi) is 6.39. The van der Waals surface area contributed by atoms with Crippen molar-refractivity contribution in [3.63, 3.8) is 0 Å². The molecule has 0 saturated carbocycles. The van der Waals surface area contributed by atoms with Crippen molar-refractivity contribution in [3.05, 3.63) is 53.6 Å². The standard InChI is InChI=1S/C21H31FN2O2Si/c1-27(2,3)13-12-26-15-24-11-10-23-21(24)20(25)18-9-8-17(22)14-19(18)16-6-4-5-7-16/h6,8-11,14,20-21,23,25H,4-5,7,12-13,15H2,1-3H3. The van der Waals surface area contributed by atoms with Crippen LogP contribution in [0.5, 0.6) is 0 Å². The number of rotatable bonds is 8. The maximum Gasteiger partial charge on any atom is 0.131 e. The fraction of sp³-hybridized carbons (Fsp3) is 0.524. The summed E-state index contributed by atoms with van der Waals surface area (Å²) in [5, 5.41) is 14.3. The number of allylic oxidation sites excluding steroid dienone is 2. The van der Waals surface area contributed by atoms with E-state index in [0.29, 0.717) is 6.73 Å².